The number of carbonyl (C=O) groups is 1. The summed E-state index contributed by atoms with van der Waals surface area (Å²) in [6.45, 7) is 1.81. The lowest BCUT2D eigenvalue weighted by molar-refractivity contribution is 0.102. The second kappa shape index (κ2) is 5.58. The van der Waals surface area contributed by atoms with Crippen LogP contribution in [0.2, 0.25) is 0 Å². The number of halogens is 3. The van der Waals surface area contributed by atoms with Crippen LogP contribution in [0.4, 0.5) is 20.2 Å². The number of aryl methyl sites for hydroxylation is 1. The molecule has 0 aliphatic rings. The van der Waals surface area contributed by atoms with Gasteiger partial charge in [0.05, 0.1) is 10.2 Å². The molecule has 1 amide bonds. The van der Waals surface area contributed by atoms with Gasteiger partial charge in [0.1, 0.15) is 11.6 Å². The smallest absolute Gasteiger partial charge is 0.255 e. The molecule has 2 aromatic carbocycles. The van der Waals surface area contributed by atoms with Crippen LogP contribution in [0.25, 0.3) is 0 Å². The summed E-state index contributed by atoms with van der Waals surface area (Å²) in [6, 6.07) is 6.60. The monoisotopic (exact) mass is 340 g/mol. The molecule has 0 radical (unpaired) electrons. The molecule has 0 aliphatic heterocycles. The number of rotatable bonds is 2. The van der Waals surface area contributed by atoms with Gasteiger partial charge in [0.25, 0.3) is 5.91 Å². The van der Waals surface area contributed by atoms with Gasteiger partial charge in [0, 0.05) is 17.3 Å². The molecule has 0 spiro atoms. The van der Waals surface area contributed by atoms with Gasteiger partial charge >= 0.3 is 0 Å². The van der Waals surface area contributed by atoms with Crippen LogP contribution < -0.4 is 11.1 Å². The van der Waals surface area contributed by atoms with Crippen LogP contribution in [0.3, 0.4) is 0 Å². The molecule has 0 aliphatic carbocycles. The number of hydrogen-bond donors (Lipinski definition) is 2. The molecule has 0 unspecified atom stereocenters. The van der Waals surface area contributed by atoms with Gasteiger partial charge in [0.2, 0.25) is 0 Å². The third kappa shape index (κ3) is 2.96. The first-order chi connectivity index (χ1) is 9.38. The average molecular weight is 341 g/mol. The highest BCUT2D eigenvalue weighted by Crippen LogP contribution is 2.24. The summed E-state index contributed by atoms with van der Waals surface area (Å²) >= 11 is 2.86. The van der Waals surface area contributed by atoms with Crippen molar-refractivity contribution in [2.24, 2.45) is 0 Å². The van der Waals surface area contributed by atoms with Crippen molar-refractivity contribution in [3.63, 3.8) is 0 Å². The SMILES string of the molecule is Cc1ccc(C(=O)Nc2cc(F)c(Br)cc2F)cc1N. The second-order valence-corrected chi connectivity index (χ2v) is 5.13. The molecule has 0 saturated carbocycles. The van der Waals surface area contributed by atoms with E-state index in [2.05, 4.69) is 21.2 Å². The first-order valence-electron chi connectivity index (χ1n) is 5.70. The van der Waals surface area contributed by atoms with E-state index in [1.165, 1.54) is 6.07 Å². The van der Waals surface area contributed by atoms with Crippen LogP contribution in [-0.4, -0.2) is 5.91 Å². The number of carbonyl (C=O) groups excluding carboxylic acids is 1. The van der Waals surface area contributed by atoms with Crippen LogP contribution in [0.1, 0.15) is 15.9 Å². The van der Waals surface area contributed by atoms with Crippen LogP contribution in [0, 0.1) is 18.6 Å². The van der Waals surface area contributed by atoms with E-state index in [1.807, 2.05) is 0 Å². The van der Waals surface area contributed by atoms with Gasteiger partial charge in [-0.3, -0.25) is 4.79 Å². The molecule has 20 heavy (non-hydrogen) atoms. The van der Waals surface area contributed by atoms with E-state index >= 15 is 0 Å². The number of nitrogens with one attached hydrogen (secondary N) is 1. The van der Waals surface area contributed by atoms with E-state index in [4.69, 9.17) is 5.73 Å². The van der Waals surface area contributed by atoms with E-state index in [0.717, 1.165) is 17.7 Å². The third-order valence-corrected chi connectivity index (χ3v) is 3.41. The highest BCUT2D eigenvalue weighted by atomic mass is 79.9. The quantitative estimate of drug-likeness (QED) is 0.644. The minimum atomic E-state index is -0.730. The predicted molar refractivity (Wildman–Crippen MR) is 77.6 cm³/mol. The largest absolute Gasteiger partial charge is 0.398 e. The molecular formula is C14H11BrF2N2O. The van der Waals surface area contributed by atoms with Crippen molar-refractivity contribution in [2.45, 2.75) is 6.92 Å². The zero-order chi connectivity index (χ0) is 14.9. The van der Waals surface area contributed by atoms with Crippen molar-refractivity contribution in [2.75, 3.05) is 11.1 Å². The Morgan fingerprint density at radius 1 is 1.20 bits per heavy atom. The fourth-order valence-electron chi connectivity index (χ4n) is 1.59. The normalized spacial score (nSPS) is 10.4. The van der Waals surface area contributed by atoms with Gasteiger partial charge in [-0.1, -0.05) is 6.07 Å². The molecule has 0 aromatic heterocycles. The van der Waals surface area contributed by atoms with E-state index in [9.17, 15) is 13.6 Å². The fraction of sp³-hybridized carbons (Fsp3) is 0.0714. The van der Waals surface area contributed by atoms with Crippen molar-refractivity contribution >= 4 is 33.2 Å². The van der Waals surface area contributed by atoms with Crippen molar-refractivity contribution < 1.29 is 13.6 Å². The van der Waals surface area contributed by atoms with Gasteiger partial charge < -0.3 is 11.1 Å². The minimum Gasteiger partial charge on any atom is -0.398 e. The van der Waals surface area contributed by atoms with E-state index in [-0.39, 0.29) is 15.7 Å². The minimum absolute atomic E-state index is 0.00687. The van der Waals surface area contributed by atoms with Crippen molar-refractivity contribution in [3.8, 4) is 0 Å². The number of anilines is 2. The average Bonchev–Trinajstić information content (AvgIpc) is 2.39. The zero-order valence-corrected chi connectivity index (χ0v) is 12.1. The van der Waals surface area contributed by atoms with Gasteiger partial charge in [-0.2, -0.15) is 0 Å². The molecule has 3 N–H and O–H groups in total. The number of nitrogens with two attached hydrogens (primary N) is 1. The molecule has 0 fully saturated rings. The van der Waals surface area contributed by atoms with E-state index in [0.29, 0.717) is 5.69 Å². The zero-order valence-electron chi connectivity index (χ0n) is 10.5. The Balaban J connectivity index is 2.27. The summed E-state index contributed by atoms with van der Waals surface area (Å²) in [5, 5.41) is 2.31. The van der Waals surface area contributed by atoms with Crippen LogP contribution >= 0.6 is 15.9 Å². The first-order valence-corrected chi connectivity index (χ1v) is 6.50. The molecule has 0 bridgehead atoms. The van der Waals surface area contributed by atoms with Gasteiger partial charge in [-0.15, -0.1) is 0 Å². The molecular weight excluding hydrogens is 330 g/mol. The Hall–Kier alpha value is -1.95. The lowest BCUT2D eigenvalue weighted by atomic mass is 10.1. The van der Waals surface area contributed by atoms with Crippen molar-refractivity contribution in [1.82, 2.24) is 0 Å². The van der Waals surface area contributed by atoms with E-state index in [1.54, 1.807) is 19.1 Å². The summed E-state index contributed by atoms with van der Waals surface area (Å²) < 4.78 is 27.0. The summed E-state index contributed by atoms with van der Waals surface area (Å²) in [7, 11) is 0. The second-order valence-electron chi connectivity index (χ2n) is 4.27. The molecule has 3 nitrogen and oxygen atoms in total. The van der Waals surface area contributed by atoms with Gasteiger partial charge in [-0.05, 0) is 46.6 Å². The first kappa shape index (κ1) is 14.5. The summed E-state index contributed by atoms with van der Waals surface area (Å²) in [5.41, 5.74) is 7.05. The molecule has 0 heterocycles. The van der Waals surface area contributed by atoms with Crippen LogP contribution in [-0.2, 0) is 0 Å². The highest BCUT2D eigenvalue weighted by Gasteiger charge is 2.13. The topological polar surface area (TPSA) is 55.1 Å². The fourth-order valence-corrected chi connectivity index (χ4v) is 1.91. The Morgan fingerprint density at radius 3 is 2.55 bits per heavy atom. The number of amides is 1. The number of benzene rings is 2. The molecule has 6 heteroatoms. The standard InChI is InChI=1S/C14H11BrF2N2O/c1-7-2-3-8(4-12(7)18)14(20)19-13-6-10(16)9(15)5-11(13)17/h2-6H,18H2,1H3,(H,19,20). The lowest BCUT2D eigenvalue weighted by Crippen LogP contribution is -2.13. The maximum absolute atomic E-state index is 13.6. The number of hydrogen-bond acceptors (Lipinski definition) is 2. The maximum atomic E-state index is 13.6. The van der Waals surface area contributed by atoms with Gasteiger partial charge in [0.15, 0.2) is 0 Å². The Kier molecular flexibility index (Phi) is 4.04. The molecule has 2 rings (SSSR count). The summed E-state index contributed by atoms with van der Waals surface area (Å²) in [5.74, 6) is -1.95. The number of nitrogen functional groups attached to an aromatic ring is 1. The summed E-state index contributed by atoms with van der Waals surface area (Å²) in [4.78, 5) is 12.0. The molecule has 0 atom stereocenters. The van der Waals surface area contributed by atoms with Crippen LogP contribution in [0.5, 0.6) is 0 Å². The molecule has 2 aromatic rings. The lowest BCUT2D eigenvalue weighted by Gasteiger charge is -2.09. The predicted octanol–water partition coefficient (Wildman–Crippen LogP) is 3.87. The van der Waals surface area contributed by atoms with Gasteiger partial charge in [-0.25, -0.2) is 8.78 Å². The Labute approximate surface area is 122 Å². The summed E-state index contributed by atoms with van der Waals surface area (Å²) in [6.07, 6.45) is 0. The van der Waals surface area contributed by atoms with Crippen molar-refractivity contribution in [3.05, 3.63) is 57.6 Å². The van der Waals surface area contributed by atoms with Crippen molar-refractivity contribution in [1.29, 1.82) is 0 Å². The maximum Gasteiger partial charge on any atom is 0.255 e. The molecule has 104 valence electrons. The van der Waals surface area contributed by atoms with E-state index < -0.39 is 17.5 Å². The molecule has 0 saturated heterocycles. The third-order valence-electron chi connectivity index (χ3n) is 2.80. The van der Waals surface area contributed by atoms with Crippen LogP contribution in [0.15, 0.2) is 34.8 Å². The Morgan fingerprint density at radius 2 is 1.90 bits per heavy atom. The Bertz CT molecular complexity index is 689. The highest BCUT2D eigenvalue weighted by molar-refractivity contribution is 9.10.